The molecule has 0 saturated carbocycles. The van der Waals surface area contributed by atoms with E-state index < -0.39 is 10.8 Å². The fraction of sp³-hybridized carbons (Fsp3) is 0.400. The Balaban J connectivity index is 0.000000302. The molecule has 17 heavy (non-hydrogen) atoms. The van der Waals surface area contributed by atoms with Gasteiger partial charge in [0.1, 0.15) is 5.75 Å². The molecule has 94 valence electrons. The molecule has 1 aromatic rings. The van der Waals surface area contributed by atoms with Crippen molar-refractivity contribution in [2.75, 3.05) is 6.54 Å². The van der Waals surface area contributed by atoms with Crippen LogP contribution >= 0.6 is 0 Å². The second-order valence-electron chi connectivity index (χ2n) is 3.62. The van der Waals surface area contributed by atoms with Crippen molar-refractivity contribution in [3.8, 4) is 5.75 Å². The largest absolute Gasteiger partial charge is 0.478 e. The maximum Gasteiger partial charge on any atom is 0.478 e. The van der Waals surface area contributed by atoms with Crippen molar-refractivity contribution in [3.63, 3.8) is 0 Å². The molecule has 1 fully saturated rings. The summed E-state index contributed by atoms with van der Waals surface area (Å²) in [5, 5.41) is 22.3. The number of benzene rings is 1. The SMILES string of the molecule is CC(O)(Oc1ccccc1)[N+](=O)[O-].NC1CN1. The lowest BCUT2D eigenvalue weighted by Crippen LogP contribution is -2.40. The molecular weight excluding hydrogens is 226 g/mol. The van der Waals surface area contributed by atoms with Gasteiger partial charge in [-0.1, -0.05) is 18.2 Å². The van der Waals surface area contributed by atoms with E-state index in [1.807, 2.05) is 0 Å². The Morgan fingerprint density at radius 1 is 1.59 bits per heavy atom. The number of ether oxygens (including phenoxy) is 1. The molecule has 1 aliphatic heterocycles. The summed E-state index contributed by atoms with van der Waals surface area (Å²) in [5.74, 6) is -2.12. The topological polar surface area (TPSA) is 121 Å². The van der Waals surface area contributed by atoms with Crippen molar-refractivity contribution in [2.24, 2.45) is 5.73 Å². The van der Waals surface area contributed by atoms with Gasteiger partial charge in [0.25, 0.3) is 0 Å². The van der Waals surface area contributed by atoms with Crippen LogP contribution < -0.4 is 15.8 Å². The fourth-order valence-electron chi connectivity index (χ4n) is 0.817. The number of nitrogens with two attached hydrogens (primary N) is 1. The number of aliphatic hydroxyl groups is 1. The van der Waals surface area contributed by atoms with Crippen molar-refractivity contribution in [3.05, 3.63) is 40.4 Å². The quantitative estimate of drug-likeness (QED) is 0.293. The van der Waals surface area contributed by atoms with Crippen LogP contribution in [0.5, 0.6) is 5.75 Å². The van der Waals surface area contributed by atoms with E-state index in [1.54, 1.807) is 18.2 Å². The molecule has 0 bridgehead atoms. The van der Waals surface area contributed by atoms with Gasteiger partial charge >= 0.3 is 5.91 Å². The van der Waals surface area contributed by atoms with Crippen LogP contribution in [0.3, 0.4) is 0 Å². The highest BCUT2D eigenvalue weighted by Gasteiger charge is 2.36. The zero-order valence-electron chi connectivity index (χ0n) is 9.37. The lowest BCUT2D eigenvalue weighted by atomic mass is 10.3. The van der Waals surface area contributed by atoms with Gasteiger partial charge in [0, 0.05) is 6.54 Å². The number of hydrogen-bond donors (Lipinski definition) is 3. The number of hydrogen-bond acceptors (Lipinski definition) is 6. The molecule has 1 aromatic carbocycles. The van der Waals surface area contributed by atoms with E-state index in [2.05, 4.69) is 5.32 Å². The average molecular weight is 241 g/mol. The third-order valence-corrected chi connectivity index (χ3v) is 1.83. The van der Waals surface area contributed by atoms with Crippen LogP contribution in [0.25, 0.3) is 0 Å². The summed E-state index contributed by atoms with van der Waals surface area (Å²) in [4.78, 5) is 9.35. The predicted octanol–water partition coefficient (Wildman–Crippen LogP) is -0.118. The lowest BCUT2D eigenvalue weighted by Gasteiger charge is -2.14. The first-order valence-electron chi connectivity index (χ1n) is 5.02. The van der Waals surface area contributed by atoms with E-state index in [-0.39, 0.29) is 5.75 Å². The molecule has 2 unspecified atom stereocenters. The minimum absolute atomic E-state index is 0.254. The van der Waals surface area contributed by atoms with Gasteiger partial charge in [0.05, 0.1) is 18.0 Å². The van der Waals surface area contributed by atoms with E-state index >= 15 is 0 Å². The number of para-hydroxylation sites is 1. The molecule has 4 N–H and O–H groups in total. The van der Waals surface area contributed by atoms with Crippen LogP contribution in [0.1, 0.15) is 6.92 Å². The Kier molecular flexibility index (Phi) is 4.38. The molecule has 0 aromatic heterocycles. The van der Waals surface area contributed by atoms with Crippen molar-refractivity contribution in [2.45, 2.75) is 19.0 Å². The van der Waals surface area contributed by atoms with Gasteiger partial charge in [-0.05, 0) is 12.1 Å². The Labute approximate surface area is 98.3 Å². The second kappa shape index (κ2) is 5.58. The Morgan fingerprint density at radius 3 is 2.41 bits per heavy atom. The predicted molar refractivity (Wildman–Crippen MR) is 60.7 cm³/mol. The van der Waals surface area contributed by atoms with Crippen LogP contribution in [0.15, 0.2) is 30.3 Å². The molecule has 1 aliphatic rings. The molecular formula is C10H15N3O4. The summed E-state index contributed by atoms with van der Waals surface area (Å²) in [6.45, 7) is 1.99. The molecule has 0 radical (unpaired) electrons. The second-order valence-corrected chi connectivity index (χ2v) is 3.62. The molecule has 7 nitrogen and oxygen atoms in total. The highest BCUT2D eigenvalue weighted by Crippen LogP contribution is 2.15. The van der Waals surface area contributed by atoms with Crippen LogP contribution in [0.4, 0.5) is 0 Å². The third kappa shape index (κ3) is 5.25. The van der Waals surface area contributed by atoms with E-state index in [1.165, 1.54) is 12.1 Å². The van der Waals surface area contributed by atoms with Crippen molar-refractivity contribution in [1.29, 1.82) is 0 Å². The Hall–Kier alpha value is -1.70. The molecule has 7 heteroatoms. The molecule has 1 saturated heterocycles. The van der Waals surface area contributed by atoms with Gasteiger partial charge in [-0.3, -0.25) is 20.5 Å². The molecule has 2 atom stereocenters. The van der Waals surface area contributed by atoms with Crippen LogP contribution in [0.2, 0.25) is 0 Å². The van der Waals surface area contributed by atoms with E-state index in [0.717, 1.165) is 13.5 Å². The van der Waals surface area contributed by atoms with Gasteiger partial charge in [-0.2, -0.15) is 0 Å². The normalized spacial score (nSPS) is 20.5. The molecule has 2 rings (SSSR count). The summed E-state index contributed by atoms with van der Waals surface area (Å²) in [6.07, 6.45) is 0.333. The van der Waals surface area contributed by atoms with Crippen molar-refractivity contribution < 1.29 is 14.8 Å². The minimum Gasteiger partial charge on any atom is -0.406 e. The Morgan fingerprint density at radius 2 is 2.06 bits per heavy atom. The lowest BCUT2D eigenvalue weighted by molar-refractivity contribution is -0.668. The average Bonchev–Trinajstić information content (AvgIpc) is 3.02. The van der Waals surface area contributed by atoms with Gasteiger partial charge < -0.3 is 10.5 Å². The smallest absolute Gasteiger partial charge is 0.406 e. The number of nitro groups is 1. The Bertz CT molecular complexity index is 365. The summed E-state index contributed by atoms with van der Waals surface area (Å²) >= 11 is 0. The van der Waals surface area contributed by atoms with Crippen LogP contribution in [-0.4, -0.2) is 28.7 Å². The first-order valence-corrected chi connectivity index (χ1v) is 5.02. The van der Waals surface area contributed by atoms with E-state index in [4.69, 9.17) is 15.6 Å². The standard InChI is InChI=1S/C8H9NO4.C2H6N2/c1-8(10,9(11)12)13-7-5-3-2-4-6-7;3-2-1-4-2/h2-6,10H,1H3;2,4H,1,3H2. The summed E-state index contributed by atoms with van der Waals surface area (Å²) < 4.78 is 4.72. The zero-order valence-corrected chi connectivity index (χ0v) is 9.37. The molecule has 0 amide bonds. The summed E-state index contributed by atoms with van der Waals surface area (Å²) in [6, 6.07) is 8.11. The van der Waals surface area contributed by atoms with Gasteiger partial charge in [-0.15, -0.1) is 0 Å². The maximum atomic E-state index is 10.3. The molecule has 1 heterocycles. The van der Waals surface area contributed by atoms with Crippen LogP contribution in [-0.2, 0) is 0 Å². The maximum absolute atomic E-state index is 10.3. The number of nitrogens with one attached hydrogen (secondary N) is 1. The van der Waals surface area contributed by atoms with Gasteiger partial charge in [-0.25, -0.2) is 0 Å². The molecule has 0 spiro atoms. The van der Waals surface area contributed by atoms with E-state index in [0.29, 0.717) is 6.17 Å². The first kappa shape index (κ1) is 13.4. The summed E-state index contributed by atoms with van der Waals surface area (Å²) in [7, 11) is 0. The number of nitrogens with zero attached hydrogens (tertiary/aromatic N) is 1. The van der Waals surface area contributed by atoms with Gasteiger partial charge in [0.15, 0.2) is 0 Å². The third-order valence-electron chi connectivity index (χ3n) is 1.83. The minimum atomic E-state index is -2.37. The molecule has 0 aliphatic carbocycles. The highest BCUT2D eigenvalue weighted by molar-refractivity contribution is 5.21. The van der Waals surface area contributed by atoms with Crippen molar-refractivity contribution in [1.82, 2.24) is 5.32 Å². The van der Waals surface area contributed by atoms with E-state index in [9.17, 15) is 10.1 Å². The zero-order chi connectivity index (χ0) is 12.9. The van der Waals surface area contributed by atoms with Gasteiger partial charge in [0.2, 0.25) is 0 Å². The monoisotopic (exact) mass is 241 g/mol. The summed E-state index contributed by atoms with van der Waals surface area (Å²) in [5.41, 5.74) is 5.11. The highest BCUT2D eigenvalue weighted by atomic mass is 16.8. The van der Waals surface area contributed by atoms with Crippen LogP contribution in [0, 0.1) is 10.1 Å². The first-order chi connectivity index (χ1) is 7.92. The van der Waals surface area contributed by atoms with Crippen molar-refractivity contribution >= 4 is 0 Å². The fourth-order valence-corrected chi connectivity index (χ4v) is 0.817. The number of rotatable bonds is 3.